The second-order valence-electron chi connectivity index (χ2n) is 6.18. The summed E-state index contributed by atoms with van der Waals surface area (Å²) >= 11 is 0. The molecule has 1 aliphatic rings. The van der Waals surface area contributed by atoms with Gasteiger partial charge >= 0.3 is 0 Å². The summed E-state index contributed by atoms with van der Waals surface area (Å²) in [6.45, 7) is 6.77. The van der Waals surface area contributed by atoms with Gasteiger partial charge in [-0.25, -0.2) is 4.98 Å². The van der Waals surface area contributed by atoms with Gasteiger partial charge in [0.2, 0.25) is 5.95 Å². The van der Waals surface area contributed by atoms with E-state index in [-0.39, 0.29) is 0 Å². The molecule has 0 spiro atoms. The molecule has 0 amide bonds. The summed E-state index contributed by atoms with van der Waals surface area (Å²) in [7, 11) is 5.92. The van der Waals surface area contributed by atoms with Crippen molar-refractivity contribution in [2.45, 2.75) is 13.5 Å². The fourth-order valence-electron chi connectivity index (χ4n) is 2.68. The van der Waals surface area contributed by atoms with Gasteiger partial charge < -0.3 is 14.4 Å². The van der Waals surface area contributed by atoms with Crippen LogP contribution in [0.15, 0.2) is 12.4 Å². The first-order chi connectivity index (χ1) is 11.0. The van der Waals surface area contributed by atoms with Gasteiger partial charge in [-0.15, -0.1) is 10.2 Å². The number of piperazine rings is 1. The molecule has 0 radical (unpaired) electrons. The lowest BCUT2D eigenvalue weighted by Crippen LogP contribution is -2.46. The van der Waals surface area contributed by atoms with Crippen LogP contribution in [-0.2, 0) is 13.6 Å². The summed E-state index contributed by atoms with van der Waals surface area (Å²) in [5, 5.41) is 8.10. The summed E-state index contributed by atoms with van der Waals surface area (Å²) in [4.78, 5) is 15.8. The van der Waals surface area contributed by atoms with Crippen molar-refractivity contribution in [1.29, 1.82) is 0 Å². The SMILES string of the molecule is Cc1cc(N2CCN(Cc3nncn3C)CC2)nc(N(C)C)n1. The third-order valence-electron chi connectivity index (χ3n) is 4.10. The van der Waals surface area contributed by atoms with Gasteiger partial charge in [0.05, 0.1) is 6.54 Å². The highest BCUT2D eigenvalue weighted by atomic mass is 15.3. The molecule has 0 saturated carbocycles. The summed E-state index contributed by atoms with van der Waals surface area (Å²) in [6.07, 6.45) is 1.75. The van der Waals surface area contributed by atoms with Crippen molar-refractivity contribution in [3.8, 4) is 0 Å². The van der Waals surface area contributed by atoms with E-state index in [4.69, 9.17) is 0 Å². The van der Waals surface area contributed by atoms with Crippen molar-refractivity contribution in [1.82, 2.24) is 29.6 Å². The van der Waals surface area contributed by atoms with Gasteiger partial charge in [0, 0.05) is 59.1 Å². The molecular weight excluding hydrogens is 292 g/mol. The number of aryl methyl sites for hydroxylation is 2. The Morgan fingerprint density at radius 1 is 1.13 bits per heavy atom. The van der Waals surface area contributed by atoms with Crippen molar-refractivity contribution in [2.24, 2.45) is 7.05 Å². The first-order valence-electron chi connectivity index (χ1n) is 7.86. The molecule has 8 heteroatoms. The fraction of sp³-hybridized carbons (Fsp3) is 0.600. The Bertz CT molecular complexity index is 657. The summed E-state index contributed by atoms with van der Waals surface area (Å²) in [5.74, 6) is 2.78. The van der Waals surface area contributed by atoms with Crippen molar-refractivity contribution in [2.75, 3.05) is 50.1 Å². The zero-order valence-corrected chi connectivity index (χ0v) is 14.3. The molecule has 1 fully saturated rings. The van der Waals surface area contributed by atoms with Crippen molar-refractivity contribution >= 4 is 11.8 Å². The van der Waals surface area contributed by atoms with E-state index < -0.39 is 0 Å². The van der Waals surface area contributed by atoms with Gasteiger partial charge in [0.15, 0.2) is 0 Å². The minimum atomic E-state index is 0.765. The second kappa shape index (κ2) is 6.49. The van der Waals surface area contributed by atoms with E-state index in [2.05, 4.69) is 36.0 Å². The van der Waals surface area contributed by atoms with Gasteiger partial charge in [-0.3, -0.25) is 4.90 Å². The maximum Gasteiger partial charge on any atom is 0.226 e. The predicted octanol–water partition coefficient (Wildman–Crippen LogP) is 0.302. The number of anilines is 2. The standard InChI is InChI=1S/C15H24N8/c1-12-9-13(18-15(17-12)20(2)3)23-7-5-22(6-8-23)10-14-19-16-11-21(14)4/h9,11H,5-8,10H2,1-4H3. The van der Waals surface area contributed by atoms with Gasteiger partial charge in [0.1, 0.15) is 18.0 Å². The number of rotatable bonds is 4. The molecule has 3 rings (SSSR count). The van der Waals surface area contributed by atoms with Crippen LogP contribution in [0.25, 0.3) is 0 Å². The van der Waals surface area contributed by atoms with E-state index in [0.29, 0.717) is 0 Å². The van der Waals surface area contributed by atoms with Gasteiger partial charge in [-0.2, -0.15) is 4.98 Å². The summed E-state index contributed by atoms with van der Waals surface area (Å²) < 4.78 is 1.98. The fourth-order valence-corrected chi connectivity index (χ4v) is 2.68. The molecule has 0 atom stereocenters. The average Bonchev–Trinajstić information content (AvgIpc) is 2.92. The molecule has 0 aliphatic carbocycles. The van der Waals surface area contributed by atoms with E-state index in [9.17, 15) is 0 Å². The highest BCUT2D eigenvalue weighted by Crippen LogP contribution is 2.18. The maximum absolute atomic E-state index is 4.67. The van der Waals surface area contributed by atoms with Crippen LogP contribution in [0.1, 0.15) is 11.5 Å². The third-order valence-corrected chi connectivity index (χ3v) is 4.10. The maximum atomic E-state index is 4.67. The lowest BCUT2D eigenvalue weighted by Gasteiger charge is -2.35. The van der Waals surface area contributed by atoms with Crippen LogP contribution < -0.4 is 9.80 Å². The Labute approximate surface area is 136 Å². The minimum Gasteiger partial charge on any atom is -0.354 e. The molecule has 1 aliphatic heterocycles. The van der Waals surface area contributed by atoms with Crippen molar-refractivity contribution in [3.05, 3.63) is 23.9 Å². The van der Waals surface area contributed by atoms with Crippen LogP contribution in [0.5, 0.6) is 0 Å². The Balaban J connectivity index is 1.64. The quantitative estimate of drug-likeness (QED) is 0.804. The minimum absolute atomic E-state index is 0.765. The zero-order valence-electron chi connectivity index (χ0n) is 14.3. The van der Waals surface area contributed by atoms with E-state index in [1.54, 1.807) is 6.33 Å². The molecule has 2 aromatic heterocycles. The van der Waals surface area contributed by atoms with Gasteiger partial charge in [-0.05, 0) is 6.92 Å². The molecule has 1 saturated heterocycles. The second-order valence-corrected chi connectivity index (χ2v) is 6.18. The van der Waals surface area contributed by atoms with Gasteiger partial charge in [-0.1, -0.05) is 0 Å². The first kappa shape index (κ1) is 15.7. The zero-order chi connectivity index (χ0) is 16.4. The Kier molecular flexibility index (Phi) is 4.42. The van der Waals surface area contributed by atoms with E-state index in [0.717, 1.165) is 56.0 Å². The normalized spacial score (nSPS) is 15.9. The average molecular weight is 316 g/mol. The van der Waals surface area contributed by atoms with E-state index >= 15 is 0 Å². The van der Waals surface area contributed by atoms with Crippen molar-refractivity contribution in [3.63, 3.8) is 0 Å². The molecule has 23 heavy (non-hydrogen) atoms. The van der Waals surface area contributed by atoms with E-state index in [1.807, 2.05) is 37.5 Å². The third kappa shape index (κ3) is 3.58. The lowest BCUT2D eigenvalue weighted by molar-refractivity contribution is 0.241. The summed E-state index contributed by atoms with van der Waals surface area (Å²) in [6, 6.07) is 2.06. The van der Waals surface area contributed by atoms with Crippen LogP contribution >= 0.6 is 0 Å². The topological polar surface area (TPSA) is 66.2 Å². The molecule has 0 N–H and O–H groups in total. The predicted molar refractivity (Wildman–Crippen MR) is 89.6 cm³/mol. The highest BCUT2D eigenvalue weighted by molar-refractivity contribution is 5.45. The lowest BCUT2D eigenvalue weighted by atomic mass is 10.3. The molecular formula is C15H24N8. The van der Waals surface area contributed by atoms with Crippen LogP contribution in [0.2, 0.25) is 0 Å². The highest BCUT2D eigenvalue weighted by Gasteiger charge is 2.20. The number of aromatic nitrogens is 5. The molecule has 0 aromatic carbocycles. The number of hydrogen-bond donors (Lipinski definition) is 0. The van der Waals surface area contributed by atoms with Crippen molar-refractivity contribution < 1.29 is 0 Å². The van der Waals surface area contributed by atoms with Crippen LogP contribution in [0.4, 0.5) is 11.8 Å². The largest absolute Gasteiger partial charge is 0.354 e. The number of hydrogen-bond acceptors (Lipinski definition) is 7. The smallest absolute Gasteiger partial charge is 0.226 e. The number of nitrogens with zero attached hydrogens (tertiary/aromatic N) is 8. The Morgan fingerprint density at radius 2 is 1.87 bits per heavy atom. The van der Waals surface area contributed by atoms with E-state index in [1.165, 1.54) is 0 Å². The van der Waals surface area contributed by atoms with Crippen LogP contribution in [0.3, 0.4) is 0 Å². The summed E-state index contributed by atoms with van der Waals surface area (Å²) in [5.41, 5.74) is 1.00. The Hall–Kier alpha value is -2.22. The Morgan fingerprint density at radius 3 is 2.48 bits per heavy atom. The molecule has 2 aromatic rings. The molecule has 3 heterocycles. The molecule has 0 unspecified atom stereocenters. The molecule has 0 bridgehead atoms. The van der Waals surface area contributed by atoms with Crippen LogP contribution in [0, 0.1) is 6.92 Å². The molecule has 124 valence electrons. The van der Waals surface area contributed by atoms with Crippen LogP contribution in [-0.4, -0.2) is 69.9 Å². The first-order valence-corrected chi connectivity index (χ1v) is 7.86. The van der Waals surface area contributed by atoms with Gasteiger partial charge in [0.25, 0.3) is 0 Å². The monoisotopic (exact) mass is 316 g/mol. The molecule has 8 nitrogen and oxygen atoms in total.